The molecule has 0 saturated carbocycles. The Morgan fingerprint density at radius 1 is 1.25 bits per heavy atom. The van der Waals surface area contributed by atoms with Crippen molar-refractivity contribution < 1.29 is 9.53 Å². The van der Waals surface area contributed by atoms with E-state index in [1.165, 1.54) is 5.57 Å². The fraction of sp³-hybridized carbons (Fsp3) is 0.588. The number of amides is 1. The van der Waals surface area contributed by atoms with Gasteiger partial charge < -0.3 is 9.64 Å². The van der Waals surface area contributed by atoms with Gasteiger partial charge >= 0.3 is 6.09 Å². The van der Waals surface area contributed by atoms with Crippen LogP contribution in [-0.4, -0.2) is 29.7 Å². The Hall–Kier alpha value is -1.51. The zero-order valence-electron chi connectivity index (χ0n) is 13.3. The van der Waals surface area contributed by atoms with Crippen LogP contribution in [0.25, 0.3) is 0 Å². The number of ether oxygens (including phenoxy) is 1. The molecule has 20 heavy (non-hydrogen) atoms. The summed E-state index contributed by atoms with van der Waals surface area (Å²) < 4.78 is 5.42. The molecule has 0 aromatic heterocycles. The number of carbonyl (C=O) groups excluding carboxylic acids is 1. The van der Waals surface area contributed by atoms with Crippen LogP contribution < -0.4 is 0 Å². The summed E-state index contributed by atoms with van der Waals surface area (Å²) in [5.74, 6) is 0.411. The molecular formula is C17H27NO2. The Morgan fingerprint density at radius 3 is 2.50 bits per heavy atom. The van der Waals surface area contributed by atoms with Crippen LogP contribution in [0.5, 0.6) is 0 Å². The average Bonchev–Trinajstić information content (AvgIpc) is 2.82. The third-order valence-corrected chi connectivity index (χ3v) is 3.24. The smallest absolute Gasteiger partial charge is 0.410 e. The van der Waals surface area contributed by atoms with Crippen molar-refractivity contribution in [1.29, 1.82) is 0 Å². The second kappa shape index (κ2) is 7.32. The van der Waals surface area contributed by atoms with E-state index < -0.39 is 5.60 Å². The van der Waals surface area contributed by atoms with E-state index in [0.717, 1.165) is 19.5 Å². The molecule has 0 spiro atoms. The van der Waals surface area contributed by atoms with E-state index in [9.17, 15) is 4.79 Å². The van der Waals surface area contributed by atoms with E-state index >= 15 is 0 Å². The average molecular weight is 277 g/mol. The molecule has 1 rings (SSSR count). The predicted molar refractivity (Wildman–Crippen MR) is 83.6 cm³/mol. The molecule has 0 bridgehead atoms. The van der Waals surface area contributed by atoms with Gasteiger partial charge in [-0.1, -0.05) is 30.4 Å². The SMILES string of the molecule is C\C=C/C=C\C(=C/C)C1CCN(C(=O)OC(C)(C)C)C1. The molecular weight excluding hydrogens is 250 g/mol. The summed E-state index contributed by atoms with van der Waals surface area (Å²) in [7, 11) is 0. The number of hydrogen-bond acceptors (Lipinski definition) is 2. The molecule has 1 heterocycles. The Morgan fingerprint density at radius 2 is 1.95 bits per heavy atom. The zero-order chi connectivity index (χ0) is 15.2. The molecule has 1 atom stereocenters. The second-order valence-corrected chi connectivity index (χ2v) is 6.09. The highest BCUT2D eigenvalue weighted by Gasteiger charge is 2.30. The van der Waals surface area contributed by atoms with Crippen molar-refractivity contribution in [3.8, 4) is 0 Å². The minimum Gasteiger partial charge on any atom is -0.444 e. The Bertz CT molecular complexity index is 413. The number of nitrogens with zero attached hydrogens (tertiary/aromatic N) is 1. The van der Waals surface area contributed by atoms with Crippen LogP contribution in [0.2, 0.25) is 0 Å². The maximum absolute atomic E-state index is 12.0. The van der Waals surface area contributed by atoms with Crippen LogP contribution >= 0.6 is 0 Å². The molecule has 3 nitrogen and oxygen atoms in total. The third-order valence-electron chi connectivity index (χ3n) is 3.24. The van der Waals surface area contributed by atoms with Crippen molar-refractivity contribution in [2.75, 3.05) is 13.1 Å². The van der Waals surface area contributed by atoms with Gasteiger partial charge in [0.1, 0.15) is 5.60 Å². The lowest BCUT2D eigenvalue weighted by Gasteiger charge is -2.24. The van der Waals surface area contributed by atoms with Crippen molar-refractivity contribution in [1.82, 2.24) is 4.90 Å². The highest BCUT2D eigenvalue weighted by Crippen LogP contribution is 2.26. The van der Waals surface area contributed by atoms with Gasteiger partial charge in [0.15, 0.2) is 0 Å². The topological polar surface area (TPSA) is 29.5 Å². The zero-order valence-corrected chi connectivity index (χ0v) is 13.3. The van der Waals surface area contributed by atoms with E-state index in [2.05, 4.69) is 12.2 Å². The number of carbonyl (C=O) groups is 1. The van der Waals surface area contributed by atoms with Gasteiger partial charge in [-0.15, -0.1) is 0 Å². The Labute approximate surface area is 123 Å². The van der Waals surface area contributed by atoms with E-state index in [4.69, 9.17) is 4.74 Å². The first-order chi connectivity index (χ1) is 9.37. The summed E-state index contributed by atoms with van der Waals surface area (Å²) in [6, 6.07) is 0. The molecule has 0 N–H and O–H groups in total. The lowest BCUT2D eigenvalue weighted by Crippen LogP contribution is -2.35. The van der Waals surface area contributed by atoms with Gasteiger partial charge in [-0.05, 0) is 46.6 Å². The van der Waals surface area contributed by atoms with Gasteiger partial charge in [-0.3, -0.25) is 0 Å². The van der Waals surface area contributed by atoms with Crippen molar-refractivity contribution in [2.24, 2.45) is 5.92 Å². The summed E-state index contributed by atoms with van der Waals surface area (Å²) in [6.45, 7) is 11.3. The molecule has 0 aromatic carbocycles. The van der Waals surface area contributed by atoms with Gasteiger partial charge in [0.25, 0.3) is 0 Å². The molecule has 1 fully saturated rings. The van der Waals surface area contributed by atoms with Gasteiger partial charge in [0.2, 0.25) is 0 Å². The van der Waals surface area contributed by atoms with E-state index in [1.807, 2.05) is 57.7 Å². The number of allylic oxidation sites excluding steroid dienone is 5. The molecule has 1 amide bonds. The number of rotatable bonds is 3. The van der Waals surface area contributed by atoms with Crippen LogP contribution in [0, 0.1) is 5.92 Å². The van der Waals surface area contributed by atoms with Gasteiger partial charge in [-0.25, -0.2) is 4.79 Å². The summed E-state index contributed by atoms with van der Waals surface area (Å²) in [6.07, 6.45) is 11.1. The molecule has 112 valence electrons. The van der Waals surface area contributed by atoms with E-state index in [0.29, 0.717) is 5.92 Å². The van der Waals surface area contributed by atoms with Crippen LogP contribution in [0.1, 0.15) is 41.0 Å². The molecule has 1 unspecified atom stereocenters. The lowest BCUT2D eigenvalue weighted by molar-refractivity contribution is 0.0290. The molecule has 3 heteroatoms. The monoisotopic (exact) mass is 277 g/mol. The largest absolute Gasteiger partial charge is 0.444 e. The molecule has 1 aliphatic rings. The summed E-state index contributed by atoms with van der Waals surface area (Å²) in [5.41, 5.74) is 0.860. The van der Waals surface area contributed by atoms with Crippen molar-refractivity contribution in [3.63, 3.8) is 0 Å². The maximum Gasteiger partial charge on any atom is 0.410 e. The van der Waals surface area contributed by atoms with Gasteiger partial charge in [0.05, 0.1) is 0 Å². The highest BCUT2D eigenvalue weighted by atomic mass is 16.6. The lowest BCUT2D eigenvalue weighted by atomic mass is 9.97. The first-order valence-corrected chi connectivity index (χ1v) is 7.31. The molecule has 0 radical (unpaired) electrons. The summed E-state index contributed by atoms with van der Waals surface area (Å²) in [4.78, 5) is 13.8. The molecule has 0 aliphatic carbocycles. The van der Waals surface area contributed by atoms with Gasteiger partial charge in [-0.2, -0.15) is 0 Å². The van der Waals surface area contributed by atoms with Crippen LogP contribution in [0.15, 0.2) is 36.0 Å². The van der Waals surface area contributed by atoms with Crippen LogP contribution in [0.3, 0.4) is 0 Å². The fourth-order valence-corrected chi connectivity index (χ4v) is 2.27. The van der Waals surface area contributed by atoms with Crippen LogP contribution in [0.4, 0.5) is 4.79 Å². The minimum atomic E-state index is -0.426. The van der Waals surface area contributed by atoms with E-state index in [-0.39, 0.29) is 6.09 Å². The van der Waals surface area contributed by atoms with Crippen molar-refractivity contribution in [2.45, 2.75) is 46.6 Å². The number of likely N-dealkylation sites (tertiary alicyclic amines) is 1. The van der Waals surface area contributed by atoms with E-state index in [1.54, 1.807) is 0 Å². The molecule has 0 aromatic rings. The Kier molecular flexibility index (Phi) is 6.05. The van der Waals surface area contributed by atoms with Gasteiger partial charge in [0, 0.05) is 19.0 Å². The number of hydrogen-bond donors (Lipinski definition) is 0. The first-order valence-electron chi connectivity index (χ1n) is 7.31. The van der Waals surface area contributed by atoms with Crippen molar-refractivity contribution >= 4 is 6.09 Å². The van der Waals surface area contributed by atoms with Crippen molar-refractivity contribution in [3.05, 3.63) is 36.0 Å². The third kappa shape index (κ3) is 5.24. The standard InChI is InChI=1S/C17H27NO2/c1-6-8-9-10-14(7-2)15-11-12-18(13-15)16(19)20-17(3,4)5/h6-10,15H,11-13H2,1-5H3/b8-6-,10-9-,14-7+. The predicted octanol–water partition coefficient (Wildman–Crippen LogP) is 4.32. The molecule has 1 saturated heterocycles. The quantitative estimate of drug-likeness (QED) is 0.719. The fourth-order valence-electron chi connectivity index (χ4n) is 2.27. The minimum absolute atomic E-state index is 0.201. The van der Waals surface area contributed by atoms with Crippen LogP contribution in [-0.2, 0) is 4.74 Å². The second-order valence-electron chi connectivity index (χ2n) is 6.09. The maximum atomic E-state index is 12.0. The highest BCUT2D eigenvalue weighted by molar-refractivity contribution is 5.68. The first kappa shape index (κ1) is 16.5. The Balaban J connectivity index is 2.60. The normalized spacial score (nSPS) is 21.1. The summed E-state index contributed by atoms with van der Waals surface area (Å²) >= 11 is 0. The molecule has 1 aliphatic heterocycles. The summed E-state index contributed by atoms with van der Waals surface area (Å²) in [5, 5.41) is 0.